The van der Waals surface area contributed by atoms with E-state index < -0.39 is 0 Å². The molecular formula is C16H25N3O. The smallest absolute Gasteiger partial charge is 0.253 e. The third-order valence-corrected chi connectivity index (χ3v) is 3.61. The molecular weight excluding hydrogens is 250 g/mol. The van der Waals surface area contributed by atoms with Crippen LogP contribution in [0.1, 0.15) is 43.5 Å². The standard InChI is InChI=1S/C16H25N3O/c1-3-9-19(11-12-5-6-12)15-10-13(17)7-8-14(15)16(20)18-4-2/h7-8,10,12H,3-6,9,11,17H2,1-2H3,(H,18,20). The van der Waals surface area contributed by atoms with Crippen LogP contribution in [0.2, 0.25) is 0 Å². The van der Waals surface area contributed by atoms with Crippen LogP contribution in [0.4, 0.5) is 11.4 Å². The Labute approximate surface area is 121 Å². The van der Waals surface area contributed by atoms with Crippen molar-refractivity contribution in [2.75, 3.05) is 30.3 Å². The molecule has 0 saturated heterocycles. The Kier molecular flexibility index (Phi) is 4.88. The first kappa shape index (κ1) is 14.7. The molecule has 0 bridgehead atoms. The Morgan fingerprint density at radius 1 is 1.40 bits per heavy atom. The molecule has 1 aliphatic carbocycles. The summed E-state index contributed by atoms with van der Waals surface area (Å²) >= 11 is 0. The minimum atomic E-state index is -0.0144. The van der Waals surface area contributed by atoms with Crippen LogP contribution in [0.15, 0.2) is 18.2 Å². The van der Waals surface area contributed by atoms with Crippen LogP contribution in [0.3, 0.4) is 0 Å². The molecule has 3 N–H and O–H groups in total. The molecule has 1 saturated carbocycles. The van der Waals surface area contributed by atoms with E-state index in [0.717, 1.165) is 36.7 Å². The molecule has 4 heteroatoms. The van der Waals surface area contributed by atoms with Crippen molar-refractivity contribution in [1.29, 1.82) is 0 Å². The summed E-state index contributed by atoms with van der Waals surface area (Å²) in [5.74, 6) is 0.768. The van der Waals surface area contributed by atoms with Crippen molar-refractivity contribution in [3.63, 3.8) is 0 Å². The van der Waals surface area contributed by atoms with Crippen molar-refractivity contribution in [2.45, 2.75) is 33.1 Å². The highest BCUT2D eigenvalue weighted by molar-refractivity contribution is 6.00. The molecule has 0 aromatic heterocycles. The molecule has 0 heterocycles. The molecule has 1 fully saturated rings. The van der Waals surface area contributed by atoms with Gasteiger partial charge in [-0.15, -0.1) is 0 Å². The predicted molar refractivity (Wildman–Crippen MR) is 84.1 cm³/mol. The van der Waals surface area contributed by atoms with E-state index in [1.165, 1.54) is 12.8 Å². The Hall–Kier alpha value is -1.71. The number of rotatable bonds is 7. The van der Waals surface area contributed by atoms with Crippen molar-refractivity contribution in [3.8, 4) is 0 Å². The Bertz CT molecular complexity index is 469. The van der Waals surface area contributed by atoms with Crippen LogP contribution in [-0.2, 0) is 0 Å². The largest absolute Gasteiger partial charge is 0.399 e. The van der Waals surface area contributed by atoms with Gasteiger partial charge in [0.25, 0.3) is 5.91 Å². The number of anilines is 2. The Morgan fingerprint density at radius 2 is 2.15 bits per heavy atom. The van der Waals surface area contributed by atoms with Crippen LogP contribution < -0.4 is 16.0 Å². The second-order valence-electron chi connectivity index (χ2n) is 5.53. The third-order valence-electron chi connectivity index (χ3n) is 3.61. The number of nitrogens with one attached hydrogen (secondary N) is 1. The van der Waals surface area contributed by atoms with Crippen molar-refractivity contribution < 1.29 is 4.79 Å². The third kappa shape index (κ3) is 3.65. The lowest BCUT2D eigenvalue weighted by atomic mass is 10.1. The van der Waals surface area contributed by atoms with Crippen LogP contribution in [0, 0.1) is 5.92 Å². The first-order valence-corrected chi connectivity index (χ1v) is 7.58. The minimum Gasteiger partial charge on any atom is -0.399 e. The SMILES string of the molecule is CCCN(CC1CC1)c1cc(N)ccc1C(=O)NCC. The predicted octanol–water partition coefficient (Wildman–Crippen LogP) is 2.64. The van der Waals surface area contributed by atoms with E-state index in [9.17, 15) is 4.79 Å². The van der Waals surface area contributed by atoms with E-state index in [2.05, 4.69) is 17.1 Å². The van der Waals surface area contributed by atoms with Crippen LogP contribution in [0.5, 0.6) is 0 Å². The molecule has 110 valence electrons. The second-order valence-corrected chi connectivity index (χ2v) is 5.53. The van der Waals surface area contributed by atoms with Gasteiger partial charge in [-0.3, -0.25) is 4.79 Å². The number of carbonyl (C=O) groups is 1. The molecule has 20 heavy (non-hydrogen) atoms. The van der Waals surface area contributed by atoms with E-state index in [1.54, 1.807) is 6.07 Å². The van der Waals surface area contributed by atoms with Gasteiger partial charge in [0.2, 0.25) is 0 Å². The Morgan fingerprint density at radius 3 is 2.75 bits per heavy atom. The Balaban J connectivity index is 2.29. The van der Waals surface area contributed by atoms with Crippen LogP contribution in [0.25, 0.3) is 0 Å². The van der Waals surface area contributed by atoms with Gasteiger partial charge in [-0.25, -0.2) is 0 Å². The molecule has 1 aliphatic rings. The number of hydrogen-bond acceptors (Lipinski definition) is 3. The van der Waals surface area contributed by atoms with Crippen molar-refractivity contribution in [1.82, 2.24) is 5.32 Å². The van der Waals surface area contributed by atoms with Gasteiger partial charge in [-0.1, -0.05) is 6.92 Å². The number of benzene rings is 1. The molecule has 1 aromatic rings. The maximum atomic E-state index is 12.2. The summed E-state index contributed by atoms with van der Waals surface area (Å²) in [5.41, 5.74) is 8.34. The van der Waals surface area contributed by atoms with Gasteiger partial charge in [0.05, 0.1) is 11.3 Å². The average molecular weight is 275 g/mol. The highest BCUT2D eigenvalue weighted by Gasteiger charge is 2.26. The summed E-state index contributed by atoms with van der Waals surface area (Å²) in [5, 5.41) is 2.88. The molecule has 0 unspecified atom stereocenters. The molecule has 0 spiro atoms. The van der Waals surface area contributed by atoms with E-state index >= 15 is 0 Å². The summed E-state index contributed by atoms with van der Waals surface area (Å²) in [7, 11) is 0. The van der Waals surface area contributed by atoms with E-state index in [-0.39, 0.29) is 5.91 Å². The molecule has 2 rings (SSSR count). The topological polar surface area (TPSA) is 58.4 Å². The molecule has 4 nitrogen and oxygen atoms in total. The average Bonchev–Trinajstić information content (AvgIpc) is 3.22. The number of amides is 1. The summed E-state index contributed by atoms with van der Waals surface area (Å²) in [6.07, 6.45) is 3.67. The normalized spacial score (nSPS) is 14.1. The van der Waals surface area contributed by atoms with Gasteiger partial charge in [0.1, 0.15) is 0 Å². The fraction of sp³-hybridized carbons (Fsp3) is 0.562. The summed E-state index contributed by atoms with van der Waals surface area (Å²) in [6.45, 7) is 6.73. The molecule has 0 aliphatic heterocycles. The van der Waals surface area contributed by atoms with Crippen LogP contribution in [-0.4, -0.2) is 25.5 Å². The van der Waals surface area contributed by atoms with Crippen molar-refractivity contribution in [3.05, 3.63) is 23.8 Å². The zero-order chi connectivity index (χ0) is 14.5. The van der Waals surface area contributed by atoms with Gasteiger partial charge in [-0.05, 0) is 50.3 Å². The van der Waals surface area contributed by atoms with Crippen molar-refractivity contribution >= 4 is 17.3 Å². The lowest BCUT2D eigenvalue weighted by molar-refractivity contribution is 0.0956. The maximum Gasteiger partial charge on any atom is 0.253 e. The first-order valence-electron chi connectivity index (χ1n) is 7.58. The number of carbonyl (C=O) groups excluding carboxylic acids is 1. The first-order chi connectivity index (χ1) is 9.65. The van der Waals surface area contributed by atoms with Gasteiger partial charge in [-0.2, -0.15) is 0 Å². The number of hydrogen-bond donors (Lipinski definition) is 2. The van der Waals surface area contributed by atoms with Gasteiger partial charge < -0.3 is 16.0 Å². The molecule has 1 aromatic carbocycles. The van der Waals surface area contributed by atoms with Gasteiger partial charge in [0, 0.05) is 25.3 Å². The monoisotopic (exact) mass is 275 g/mol. The molecule has 1 amide bonds. The zero-order valence-corrected chi connectivity index (χ0v) is 12.5. The van der Waals surface area contributed by atoms with Crippen molar-refractivity contribution in [2.24, 2.45) is 5.92 Å². The van der Waals surface area contributed by atoms with Gasteiger partial charge in [0.15, 0.2) is 0 Å². The highest BCUT2D eigenvalue weighted by Crippen LogP contribution is 2.33. The fourth-order valence-electron chi connectivity index (χ4n) is 2.45. The lowest BCUT2D eigenvalue weighted by Gasteiger charge is -2.27. The minimum absolute atomic E-state index is 0.0144. The quantitative estimate of drug-likeness (QED) is 0.752. The lowest BCUT2D eigenvalue weighted by Crippen LogP contribution is -2.31. The number of nitrogens with two attached hydrogens (primary N) is 1. The maximum absolute atomic E-state index is 12.2. The highest BCUT2D eigenvalue weighted by atomic mass is 16.1. The summed E-state index contributed by atoms with van der Waals surface area (Å²) in [6, 6.07) is 5.57. The van der Waals surface area contributed by atoms with E-state index in [0.29, 0.717) is 12.2 Å². The van der Waals surface area contributed by atoms with Gasteiger partial charge >= 0.3 is 0 Å². The van der Waals surface area contributed by atoms with Crippen LogP contribution >= 0.6 is 0 Å². The zero-order valence-electron chi connectivity index (χ0n) is 12.5. The fourth-order valence-corrected chi connectivity index (χ4v) is 2.45. The summed E-state index contributed by atoms with van der Waals surface area (Å²) < 4.78 is 0. The second kappa shape index (κ2) is 6.64. The molecule has 0 atom stereocenters. The summed E-state index contributed by atoms with van der Waals surface area (Å²) in [4.78, 5) is 14.5. The molecule has 0 radical (unpaired) electrons. The van der Waals surface area contributed by atoms with E-state index in [4.69, 9.17) is 5.73 Å². The number of nitrogen functional groups attached to an aromatic ring is 1. The van der Waals surface area contributed by atoms with E-state index in [1.807, 2.05) is 19.1 Å². The number of nitrogens with zero attached hydrogens (tertiary/aromatic N) is 1.